The maximum atomic E-state index is 13.5. The summed E-state index contributed by atoms with van der Waals surface area (Å²) in [6, 6.07) is 9.17. The molecule has 0 unspecified atom stereocenters. The molecule has 0 spiro atoms. The molecule has 3 heteroatoms. The number of benzene rings is 1. The molecule has 1 rings (SSSR count). The van der Waals surface area contributed by atoms with E-state index in [4.69, 9.17) is 0 Å². The molecular weight excluding hydrogens is 169 g/mol. The fourth-order valence-electron chi connectivity index (χ4n) is 0.946. The molecule has 0 aliphatic rings. The predicted molar refractivity (Wildman–Crippen MR) is 53.4 cm³/mol. The number of rotatable bonds is 2. The highest BCUT2D eigenvalue weighted by Gasteiger charge is 2.24. The molecule has 66 valence electrons. The van der Waals surface area contributed by atoms with Crippen LogP contribution in [-0.2, 0) is 0 Å². The van der Waals surface area contributed by atoms with E-state index >= 15 is 0 Å². The molecule has 0 N–H and O–H groups in total. The summed E-state index contributed by atoms with van der Waals surface area (Å²) in [7, 11) is -1.83. The van der Waals surface area contributed by atoms with Gasteiger partial charge in [0.15, 0.2) is 8.24 Å². The molecule has 1 aromatic carbocycles. The molecule has 0 fully saturated rings. The van der Waals surface area contributed by atoms with Crippen molar-refractivity contribution in [2.24, 2.45) is 0 Å². The van der Waals surface area contributed by atoms with Gasteiger partial charge in [-0.3, -0.25) is 0 Å². The lowest BCUT2D eigenvalue weighted by atomic mass is 10.3. The number of hydrogen-bond donors (Lipinski definition) is 0. The Labute approximate surface area is 73.8 Å². The molecule has 0 bridgehead atoms. The molecule has 0 atom stereocenters. The standard InChI is InChI=1S/C9H14FNSi/c1-12(2,3)11(10)9-7-5-4-6-8-9/h4-8H,1-3H3. The maximum Gasteiger partial charge on any atom is 0.188 e. The van der Waals surface area contributed by atoms with Crippen molar-refractivity contribution in [1.29, 1.82) is 0 Å². The van der Waals surface area contributed by atoms with Gasteiger partial charge in [0.05, 0.1) is 5.69 Å². The van der Waals surface area contributed by atoms with Crippen LogP contribution in [0.3, 0.4) is 0 Å². The van der Waals surface area contributed by atoms with E-state index in [1.807, 2.05) is 37.8 Å². The molecule has 0 amide bonds. The van der Waals surface area contributed by atoms with Crippen LogP contribution in [-0.4, -0.2) is 8.24 Å². The monoisotopic (exact) mass is 183 g/mol. The number of hydrogen-bond acceptors (Lipinski definition) is 1. The summed E-state index contributed by atoms with van der Waals surface area (Å²) in [5.74, 6) is 0. The molecule has 1 aromatic rings. The van der Waals surface area contributed by atoms with Crippen LogP contribution >= 0.6 is 0 Å². The van der Waals surface area contributed by atoms with E-state index in [9.17, 15) is 4.48 Å². The summed E-state index contributed by atoms with van der Waals surface area (Å²) >= 11 is 0. The second-order valence-electron chi connectivity index (χ2n) is 3.79. The van der Waals surface area contributed by atoms with E-state index in [0.29, 0.717) is 5.69 Å². The summed E-state index contributed by atoms with van der Waals surface area (Å²) in [6.07, 6.45) is 0. The van der Waals surface area contributed by atoms with Crippen molar-refractivity contribution in [3.8, 4) is 0 Å². The summed E-state index contributed by atoms with van der Waals surface area (Å²) in [5, 5.41) is 0. The summed E-state index contributed by atoms with van der Waals surface area (Å²) < 4.78 is 13.5. The van der Waals surface area contributed by atoms with Crippen LogP contribution in [0.1, 0.15) is 0 Å². The Bertz CT molecular complexity index is 242. The topological polar surface area (TPSA) is 3.24 Å². The van der Waals surface area contributed by atoms with Crippen LogP contribution in [0.2, 0.25) is 19.6 Å². The fourth-order valence-corrected chi connectivity index (χ4v) is 1.87. The van der Waals surface area contributed by atoms with Crippen LogP contribution in [0.25, 0.3) is 0 Å². The second-order valence-corrected chi connectivity index (χ2v) is 8.52. The van der Waals surface area contributed by atoms with Crippen LogP contribution < -0.4 is 4.79 Å². The van der Waals surface area contributed by atoms with E-state index in [1.54, 1.807) is 12.1 Å². The minimum Gasteiger partial charge on any atom is -0.244 e. The van der Waals surface area contributed by atoms with Gasteiger partial charge >= 0.3 is 0 Å². The Balaban J connectivity index is 2.86. The maximum absolute atomic E-state index is 13.5. The number of halogens is 1. The molecule has 0 saturated heterocycles. The van der Waals surface area contributed by atoms with Gasteiger partial charge in [-0.15, -0.1) is 4.48 Å². The zero-order valence-electron chi connectivity index (χ0n) is 7.71. The van der Waals surface area contributed by atoms with E-state index in [2.05, 4.69) is 0 Å². The summed E-state index contributed by atoms with van der Waals surface area (Å²) in [5.41, 5.74) is 0.664. The average Bonchev–Trinajstić information content (AvgIpc) is 2.03. The highest BCUT2D eigenvalue weighted by Crippen LogP contribution is 2.20. The largest absolute Gasteiger partial charge is 0.244 e. The Morgan fingerprint density at radius 1 is 1.08 bits per heavy atom. The van der Waals surface area contributed by atoms with Gasteiger partial charge < -0.3 is 0 Å². The smallest absolute Gasteiger partial charge is 0.188 e. The van der Waals surface area contributed by atoms with Gasteiger partial charge in [-0.25, -0.2) is 4.79 Å². The van der Waals surface area contributed by atoms with Crippen LogP contribution in [0.5, 0.6) is 0 Å². The van der Waals surface area contributed by atoms with Gasteiger partial charge in [0.25, 0.3) is 0 Å². The molecule has 0 aliphatic heterocycles. The predicted octanol–water partition coefficient (Wildman–Crippen LogP) is 3.21. The summed E-state index contributed by atoms with van der Waals surface area (Å²) in [4.78, 5) is 0.910. The minimum absolute atomic E-state index is 0.664. The van der Waals surface area contributed by atoms with E-state index < -0.39 is 8.24 Å². The molecular formula is C9H14FNSi. The third-order valence-electron chi connectivity index (χ3n) is 1.57. The Kier molecular flexibility index (Phi) is 2.52. The first-order chi connectivity index (χ1) is 5.52. The fraction of sp³-hybridized carbons (Fsp3) is 0.333. The normalized spacial score (nSPS) is 11.3. The zero-order valence-corrected chi connectivity index (χ0v) is 8.71. The molecule has 0 radical (unpaired) electrons. The molecule has 12 heavy (non-hydrogen) atoms. The van der Waals surface area contributed by atoms with Crippen molar-refractivity contribution in [2.45, 2.75) is 19.6 Å². The third-order valence-corrected chi connectivity index (χ3v) is 3.01. The number of anilines is 1. The third kappa shape index (κ3) is 2.07. The Hall–Kier alpha value is -0.833. The van der Waals surface area contributed by atoms with Gasteiger partial charge in [0, 0.05) is 0 Å². The molecule has 0 saturated carbocycles. The average molecular weight is 183 g/mol. The van der Waals surface area contributed by atoms with E-state index in [-0.39, 0.29) is 0 Å². The zero-order chi connectivity index (χ0) is 9.19. The highest BCUT2D eigenvalue weighted by atomic mass is 28.3. The highest BCUT2D eigenvalue weighted by molar-refractivity contribution is 6.79. The molecule has 0 aliphatic carbocycles. The van der Waals surface area contributed by atoms with Crippen molar-refractivity contribution in [1.82, 2.24) is 0 Å². The lowest BCUT2D eigenvalue weighted by Gasteiger charge is -2.26. The van der Waals surface area contributed by atoms with Crippen molar-refractivity contribution in [2.75, 3.05) is 4.79 Å². The Morgan fingerprint density at radius 3 is 2.00 bits per heavy atom. The second kappa shape index (κ2) is 3.27. The van der Waals surface area contributed by atoms with Crippen LogP contribution in [0.4, 0.5) is 10.2 Å². The van der Waals surface area contributed by atoms with Gasteiger partial charge in [0.2, 0.25) is 0 Å². The molecule has 1 nitrogen and oxygen atoms in total. The first kappa shape index (κ1) is 9.26. The first-order valence-electron chi connectivity index (χ1n) is 4.03. The van der Waals surface area contributed by atoms with E-state index in [0.717, 1.165) is 4.79 Å². The van der Waals surface area contributed by atoms with Crippen molar-refractivity contribution in [3.63, 3.8) is 0 Å². The number of nitrogens with zero attached hydrogens (tertiary/aromatic N) is 1. The van der Waals surface area contributed by atoms with Crippen LogP contribution in [0, 0.1) is 0 Å². The van der Waals surface area contributed by atoms with Crippen LogP contribution in [0.15, 0.2) is 30.3 Å². The molecule has 0 aromatic heterocycles. The van der Waals surface area contributed by atoms with Crippen molar-refractivity contribution < 1.29 is 4.48 Å². The van der Waals surface area contributed by atoms with Gasteiger partial charge in [-0.2, -0.15) is 0 Å². The molecule has 0 heterocycles. The summed E-state index contributed by atoms with van der Waals surface area (Å²) in [6.45, 7) is 5.92. The lowest BCUT2D eigenvalue weighted by molar-refractivity contribution is 0.522. The quantitative estimate of drug-likeness (QED) is 0.502. The van der Waals surface area contributed by atoms with Gasteiger partial charge in [-0.05, 0) is 31.8 Å². The Morgan fingerprint density at radius 2 is 1.58 bits per heavy atom. The number of para-hydroxylation sites is 1. The van der Waals surface area contributed by atoms with Gasteiger partial charge in [-0.1, -0.05) is 18.2 Å². The van der Waals surface area contributed by atoms with Crippen molar-refractivity contribution in [3.05, 3.63) is 30.3 Å². The van der Waals surface area contributed by atoms with Gasteiger partial charge in [0.1, 0.15) is 0 Å². The first-order valence-corrected chi connectivity index (χ1v) is 7.47. The van der Waals surface area contributed by atoms with Crippen molar-refractivity contribution >= 4 is 13.9 Å². The van der Waals surface area contributed by atoms with E-state index in [1.165, 1.54) is 0 Å². The minimum atomic E-state index is -1.83. The SMILES string of the molecule is C[Si](C)(C)N(F)c1ccccc1. The lowest BCUT2D eigenvalue weighted by Crippen LogP contribution is -2.40.